The first-order valence-corrected chi connectivity index (χ1v) is 31.9. The standard InChI is InChI=1S/C34H40ClN7O5S.C28H36ClN7O3/c1-34(2,3)47-33(44)41-18-16-40(17-19-41)32(43)38-24-11-9-10-23(20-24)37-31-36-21-28(35)30(39-31)27-22-42(29-15-8-7-14-26(27)29)48(45,46)25-12-5-4-6-13-25;1-28(2,3)39-27(38)36-13-11-35(12-14-36)26(37)33-19-8-6-7-18(15-19)32-25-31-17-22(29)24(34-25)21-16-30-23-10-5-4-9-20(21)23/h4-8,12-15,21-24H,9-11,16-20H2,1-3H3,(H,38,43)(H,36,37,39);4-5,9-10,16-19,30H,6-8,11-15H2,1-3H3,(H,33,37)(H,31,32,34)/t23?,24-;18?,19-/m00/s1. The van der Waals surface area contributed by atoms with Gasteiger partial charge in [-0.1, -0.05) is 77.8 Å². The number of benzene rings is 3. The summed E-state index contributed by atoms with van der Waals surface area (Å²) in [5.41, 5.74) is 3.03. The van der Waals surface area contributed by atoms with Gasteiger partial charge in [-0.15, -0.1) is 0 Å². The number of ether oxygens (including phenoxy) is 2. The predicted octanol–water partition coefficient (Wildman–Crippen LogP) is 11.2. The van der Waals surface area contributed by atoms with Gasteiger partial charge in [-0.3, -0.25) is 0 Å². The maximum Gasteiger partial charge on any atom is 0.410 e. The van der Waals surface area contributed by atoms with Gasteiger partial charge in [0, 0.05) is 116 Å². The lowest BCUT2D eigenvalue weighted by atomic mass is 9.91. The van der Waals surface area contributed by atoms with Crippen LogP contribution in [0.4, 0.5) is 31.1 Å². The third-order valence-electron chi connectivity index (χ3n) is 15.7. The molecule has 2 unspecified atom stereocenters. The molecule has 2 aliphatic heterocycles. The lowest BCUT2D eigenvalue weighted by molar-refractivity contribution is 0.0161. The quantitative estimate of drug-likeness (QED) is 0.0854. The van der Waals surface area contributed by atoms with Gasteiger partial charge in [0.25, 0.3) is 10.0 Å². The fourth-order valence-electron chi connectivity index (χ4n) is 11.4. The monoisotopic (exact) mass is 1250 g/mol. The summed E-state index contributed by atoms with van der Waals surface area (Å²) >= 11 is 13.1. The van der Waals surface area contributed by atoms with Gasteiger partial charge in [-0.05, 0) is 117 Å². The second-order valence-electron chi connectivity index (χ2n) is 24.4. The SMILES string of the molecule is CC(C)(C)OC(=O)N1CCN(C(=O)N[C@H]2CCCC(Nc3ncc(Cl)c(-c4c[nH]c5ccccc45)n3)C2)CC1.CC(C)(C)OC(=O)N1CCN(C(=O)N[C@H]2CCCC(Nc3ncc(Cl)c(-c4cn(S(=O)(=O)c5ccccc5)c5ccccc45)n3)C2)CC1. The van der Waals surface area contributed by atoms with E-state index in [4.69, 9.17) is 42.6 Å². The number of halogens is 2. The average molecular weight is 1250 g/mol. The molecule has 5 N–H and O–H groups in total. The Morgan fingerprint density at radius 2 is 1.00 bits per heavy atom. The molecule has 2 aliphatic carbocycles. The van der Waals surface area contributed by atoms with E-state index >= 15 is 0 Å². The number of amides is 6. The Morgan fingerprint density at radius 3 is 1.51 bits per heavy atom. The highest BCUT2D eigenvalue weighted by molar-refractivity contribution is 7.90. The zero-order chi connectivity index (χ0) is 61.6. The van der Waals surface area contributed by atoms with Crippen molar-refractivity contribution in [2.24, 2.45) is 0 Å². The van der Waals surface area contributed by atoms with Crippen molar-refractivity contribution >= 4 is 91.2 Å². The molecule has 7 aromatic rings. The third-order valence-corrected chi connectivity index (χ3v) is 17.9. The smallest absolute Gasteiger partial charge is 0.410 e. The van der Waals surface area contributed by atoms with Crippen LogP contribution >= 0.6 is 23.2 Å². The number of aromatic amines is 1. The van der Waals surface area contributed by atoms with E-state index in [-0.39, 0.29) is 53.3 Å². The van der Waals surface area contributed by atoms with E-state index in [0.717, 1.165) is 61.4 Å². The number of nitrogens with zero attached hydrogens (tertiary/aromatic N) is 9. The van der Waals surface area contributed by atoms with Gasteiger partial charge in [-0.2, -0.15) is 0 Å². The van der Waals surface area contributed by atoms with Crippen molar-refractivity contribution in [2.45, 2.75) is 133 Å². The summed E-state index contributed by atoms with van der Waals surface area (Å²) in [7, 11) is -3.88. The second kappa shape index (κ2) is 26.6. The molecule has 2 saturated carbocycles. The van der Waals surface area contributed by atoms with Gasteiger partial charge in [0.2, 0.25) is 11.9 Å². The number of nitrogens with one attached hydrogen (secondary N) is 5. The number of carbonyl (C=O) groups is 4. The predicted molar refractivity (Wildman–Crippen MR) is 336 cm³/mol. The molecule has 4 aromatic heterocycles. The average Bonchev–Trinajstić information content (AvgIpc) is 1.79. The van der Waals surface area contributed by atoms with E-state index < -0.39 is 21.2 Å². The first-order valence-electron chi connectivity index (χ1n) is 29.7. The van der Waals surface area contributed by atoms with Crippen molar-refractivity contribution in [2.75, 3.05) is 63.0 Å². The van der Waals surface area contributed by atoms with E-state index in [2.05, 4.69) is 36.2 Å². The van der Waals surface area contributed by atoms with Crippen LogP contribution in [-0.4, -0.2) is 169 Å². The van der Waals surface area contributed by atoms with E-state index in [1.54, 1.807) is 74.5 Å². The topological polar surface area (TPSA) is 254 Å². The first kappa shape index (κ1) is 62.2. The van der Waals surface area contributed by atoms with E-state index in [1.165, 1.54) is 10.2 Å². The van der Waals surface area contributed by atoms with E-state index in [9.17, 15) is 27.6 Å². The van der Waals surface area contributed by atoms with Gasteiger partial charge in [0.05, 0.1) is 44.2 Å². The Bertz CT molecular complexity index is 3710. The van der Waals surface area contributed by atoms with Crippen molar-refractivity contribution in [1.82, 2.24) is 59.1 Å². The molecule has 4 atom stereocenters. The molecule has 0 bridgehead atoms. The number of para-hydroxylation sites is 2. The van der Waals surface area contributed by atoms with Crippen molar-refractivity contribution < 1.29 is 37.1 Å². The Labute approximate surface area is 517 Å². The Morgan fingerprint density at radius 1 is 0.563 bits per heavy atom. The normalized spacial score (nSPS) is 19.4. The van der Waals surface area contributed by atoms with Crippen LogP contribution in [0.25, 0.3) is 44.3 Å². The van der Waals surface area contributed by atoms with Crippen LogP contribution in [0.1, 0.15) is 92.9 Å². The fourth-order valence-corrected chi connectivity index (χ4v) is 13.2. The van der Waals surface area contributed by atoms with Gasteiger partial charge < -0.3 is 55.3 Å². The summed E-state index contributed by atoms with van der Waals surface area (Å²) in [6, 6.07) is 23.5. The van der Waals surface area contributed by atoms with Crippen LogP contribution in [0.15, 0.2) is 109 Å². The van der Waals surface area contributed by atoms with Gasteiger partial charge >= 0.3 is 24.2 Å². The lowest BCUT2D eigenvalue weighted by Gasteiger charge is -2.37. The summed E-state index contributed by atoms with van der Waals surface area (Å²) in [5.74, 6) is 0.891. The largest absolute Gasteiger partial charge is 0.444 e. The molecule has 25 heteroatoms. The molecule has 6 amide bonds. The molecule has 22 nitrogen and oxygen atoms in total. The molecule has 6 heterocycles. The third kappa shape index (κ3) is 15.5. The summed E-state index contributed by atoms with van der Waals surface area (Å²) in [4.78, 5) is 79.4. The number of hydrogen-bond donors (Lipinski definition) is 5. The van der Waals surface area contributed by atoms with Crippen LogP contribution in [-0.2, 0) is 19.5 Å². The Hall–Kier alpha value is -7.89. The van der Waals surface area contributed by atoms with Gasteiger partial charge in [-0.25, -0.2) is 51.5 Å². The van der Waals surface area contributed by atoms with E-state index in [1.807, 2.05) is 84.1 Å². The number of rotatable bonds is 10. The van der Waals surface area contributed by atoms with Crippen LogP contribution in [0.2, 0.25) is 10.0 Å². The summed E-state index contributed by atoms with van der Waals surface area (Å²) < 4.78 is 39.4. The van der Waals surface area contributed by atoms with Gasteiger partial charge in [0.15, 0.2) is 0 Å². The van der Waals surface area contributed by atoms with Crippen LogP contribution in [0, 0.1) is 0 Å². The molecular formula is C62H76Cl2N14O8S. The van der Waals surface area contributed by atoms with Crippen molar-refractivity contribution in [1.29, 1.82) is 0 Å². The van der Waals surface area contributed by atoms with Crippen molar-refractivity contribution in [3.05, 3.63) is 114 Å². The molecule has 0 radical (unpaired) electrons. The first-order chi connectivity index (χ1) is 41.5. The van der Waals surface area contributed by atoms with Crippen LogP contribution < -0.4 is 21.3 Å². The second-order valence-corrected chi connectivity index (χ2v) is 27.0. The van der Waals surface area contributed by atoms with Crippen LogP contribution in [0.3, 0.4) is 0 Å². The number of fused-ring (bicyclic) bond motifs is 2. The molecule has 4 fully saturated rings. The highest BCUT2D eigenvalue weighted by Crippen LogP contribution is 2.37. The molecule has 462 valence electrons. The fraction of sp³-hybridized carbons (Fsp3) is 0.452. The summed E-state index contributed by atoms with van der Waals surface area (Å²) in [5, 5.41) is 15.8. The van der Waals surface area contributed by atoms with E-state index in [0.29, 0.717) is 109 Å². The minimum atomic E-state index is -3.88. The molecule has 11 rings (SSSR count). The summed E-state index contributed by atoms with van der Waals surface area (Å²) in [6.07, 6.45) is 12.9. The zero-order valence-corrected chi connectivity index (χ0v) is 52.2. The number of carbonyl (C=O) groups excluding carboxylic acids is 4. The molecule has 87 heavy (non-hydrogen) atoms. The minimum Gasteiger partial charge on any atom is -0.444 e. The number of urea groups is 2. The number of piperazine rings is 2. The highest BCUT2D eigenvalue weighted by atomic mass is 35.5. The maximum absolute atomic E-state index is 13.6. The van der Waals surface area contributed by atoms with Crippen molar-refractivity contribution in [3.63, 3.8) is 0 Å². The number of H-pyrrole nitrogens is 1. The van der Waals surface area contributed by atoms with Crippen LogP contribution in [0.5, 0.6) is 0 Å². The van der Waals surface area contributed by atoms with Crippen molar-refractivity contribution in [3.8, 4) is 22.5 Å². The zero-order valence-electron chi connectivity index (χ0n) is 49.9. The lowest BCUT2D eigenvalue weighted by Crippen LogP contribution is -2.55. The number of anilines is 2. The Balaban J connectivity index is 0.000000197. The maximum atomic E-state index is 13.6. The molecule has 3 aromatic carbocycles. The molecule has 0 spiro atoms. The molecular weight excluding hydrogens is 1170 g/mol. The summed E-state index contributed by atoms with van der Waals surface area (Å²) in [6.45, 7) is 14.6. The van der Waals surface area contributed by atoms with Gasteiger partial charge in [0.1, 0.15) is 11.2 Å². The molecule has 4 aliphatic rings. The highest BCUT2D eigenvalue weighted by Gasteiger charge is 2.33. The molecule has 2 saturated heterocycles. The number of hydrogen-bond acceptors (Lipinski definition) is 14. The minimum absolute atomic E-state index is 0.00175. The Kier molecular flexibility index (Phi) is 19.0. The number of aromatic nitrogens is 6.